The molecule has 0 amide bonds. The molecule has 3 N–H and O–H groups in total. The average molecular weight is 337 g/mol. The number of methoxy groups -OCH3 is 1. The topological polar surface area (TPSA) is 81.4 Å². The van der Waals surface area contributed by atoms with Gasteiger partial charge in [0, 0.05) is 24.7 Å². The van der Waals surface area contributed by atoms with E-state index in [9.17, 15) is 8.42 Å². The Hall–Kier alpha value is -0.470. The van der Waals surface area contributed by atoms with Gasteiger partial charge in [0.05, 0.1) is 11.5 Å². The van der Waals surface area contributed by atoms with Crippen LogP contribution in [0.1, 0.15) is 11.1 Å². The molecule has 18 heavy (non-hydrogen) atoms. The lowest BCUT2D eigenvalue weighted by molar-refractivity contribution is 0.204. The van der Waals surface area contributed by atoms with Crippen molar-refractivity contribution >= 4 is 26.0 Å². The molecule has 0 saturated heterocycles. The van der Waals surface area contributed by atoms with E-state index < -0.39 is 10.0 Å². The molecule has 1 rings (SSSR count). The molecule has 1 aromatic rings. The first kappa shape index (κ1) is 15.6. The van der Waals surface area contributed by atoms with E-state index in [2.05, 4.69) is 20.7 Å². The van der Waals surface area contributed by atoms with E-state index in [1.54, 1.807) is 6.07 Å². The number of rotatable bonds is 6. The molecule has 0 aliphatic rings. The molecule has 7 heteroatoms. The first-order chi connectivity index (χ1) is 8.42. The summed E-state index contributed by atoms with van der Waals surface area (Å²) in [4.78, 5) is 0.207. The Morgan fingerprint density at radius 1 is 1.44 bits per heavy atom. The maximum atomic E-state index is 12.1. The number of nitrogens with two attached hydrogens (primary N) is 1. The molecule has 0 atom stereocenters. The zero-order valence-corrected chi connectivity index (χ0v) is 12.8. The molecule has 0 aromatic heterocycles. The van der Waals surface area contributed by atoms with E-state index in [0.717, 1.165) is 11.1 Å². The van der Waals surface area contributed by atoms with Crippen LogP contribution in [0.4, 0.5) is 0 Å². The fraction of sp³-hybridized carbons (Fsp3) is 0.455. The number of halogens is 1. The Kier molecular flexibility index (Phi) is 5.74. The standard InChI is InChI=1S/C11H17BrN2O3S/c1-8-5-9(7-13)6-10(11(8)12)18(15,16)14-3-4-17-2/h5-6,14H,3-4,7,13H2,1-2H3. The number of hydrogen-bond donors (Lipinski definition) is 2. The Morgan fingerprint density at radius 2 is 2.11 bits per heavy atom. The third kappa shape index (κ3) is 3.76. The van der Waals surface area contributed by atoms with Crippen molar-refractivity contribution in [1.29, 1.82) is 0 Å². The molecule has 0 spiro atoms. The zero-order valence-electron chi connectivity index (χ0n) is 10.4. The summed E-state index contributed by atoms with van der Waals surface area (Å²) >= 11 is 3.30. The lowest BCUT2D eigenvalue weighted by Crippen LogP contribution is -2.27. The number of benzene rings is 1. The second-order valence-electron chi connectivity index (χ2n) is 3.82. The molecule has 0 unspecified atom stereocenters. The van der Waals surface area contributed by atoms with E-state index in [4.69, 9.17) is 10.5 Å². The molecule has 0 radical (unpaired) electrons. The van der Waals surface area contributed by atoms with Crippen LogP contribution in [0.2, 0.25) is 0 Å². The van der Waals surface area contributed by atoms with Gasteiger partial charge in [0.25, 0.3) is 0 Å². The van der Waals surface area contributed by atoms with Crippen molar-refractivity contribution in [3.8, 4) is 0 Å². The van der Waals surface area contributed by atoms with Gasteiger partial charge in [-0.1, -0.05) is 6.07 Å². The summed E-state index contributed by atoms with van der Waals surface area (Å²) in [5.74, 6) is 0. The van der Waals surface area contributed by atoms with Crippen LogP contribution < -0.4 is 10.5 Å². The molecule has 0 aliphatic carbocycles. The predicted molar refractivity (Wildman–Crippen MR) is 73.8 cm³/mol. The van der Waals surface area contributed by atoms with Gasteiger partial charge in [-0.3, -0.25) is 0 Å². The molecule has 5 nitrogen and oxygen atoms in total. The summed E-state index contributed by atoms with van der Waals surface area (Å²) < 4.78 is 32.1. The van der Waals surface area contributed by atoms with Crippen LogP contribution in [0.5, 0.6) is 0 Å². The summed E-state index contributed by atoms with van der Waals surface area (Å²) in [5, 5.41) is 0. The highest BCUT2D eigenvalue weighted by molar-refractivity contribution is 9.10. The second kappa shape index (κ2) is 6.63. The maximum absolute atomic E-state index is 12.1. The van der Waals surface area contributed by atoms with E-state index in [1.165, 1.54) is 7.11 Å². The van der Waals surface area contributed by atoms with Gasteiger partial charge in [-0.2, -0.15) is 0 Å². The average Bonchev–Trinajstić information content (AvgIpc) is 2.32. The van der Waals surface area contributed by atoms with Crippen LogP contribution in [-0.4, -0.2) is 28.7 Å². The van der Waals surface area contributed by atoms with Crippen LogP contribution in [0.15, 0.2) is 21.5 Å². The molecular formula is C11H17BrN2O3S. The number of ether oxygens (including phenoxy) is 1. The highest BCUT2D eigenvalue weighted by atomic mass is 79.9. The third-order valence-corrected chi connectivity index (χ3v) is 5.20. The fourth-order valence-corrected chi connectivity index (χ4v) is 3.56. The molecule has 0 heterocycles. The first-order valence-corrected chi connectivity index (χ1v) is 7.67. The Labute approximate surface area is 116 Å². The maximum Gasteiger partial charge on any atom is 0.241 e. The van der Waals surface area contributed by atoms with Crippen molar-refractivity contribution in [3.05, 3.63) is 27.7 Å². The Morgan fingerprint density at radius 3 is 2.67 bits per heavy atom. The highest BCUT2D eigenvalue weighted by Gasteiger charge is 2.19. The van der Waals surface area contributed by atoms with Gasteiger partial charge < -0.3 is 10.5 Å². The Bertz CT molecular complexity index is 517. The van der Waals surface area contributed by atoms with E-state index in [0.29, 0.717) is 17.6 Å². The van der Waals surface area contributed by atoms with Crippen molar-refractivity contribution in [3.63, 3.8) is 0 Å². The van der Waals surface area contributed by atoms with Gasteiger partial charge in [-0.15, -0.1) is 0 Å². The number of sulfonamides is 1. The van der Waals surface area contributed by atoms with E-state index in [-0.39, 0.29) is 11.4 Å². The number of aryl methyl sites for hydroxylation is 1. The van der Waals surface area contributed by atoms with Crippen LogP contribution in [0.25, 0.3) is 0 Å². The first-order valence-electron chi connectivity index (χ1n) is 5.40. The summed E-state index contributed by atoms with van der Waals surface area (Å²) in [6.45, 7) is 2.69. The Balaban J connectivity index is 3.11. The molecular weight excluding hydrogens is 320 g/mol. The van der Waals surface area contributed by atoms with Crippen LogP contribution in [-0.2, 0) is 21.3 Å². The van der Waals surface area contributed by atoms with Crippen LogP contribution in [0, 0.1) is 6.92 Å². The zero-order chi connectivity index (χ0) is 13.8. The molecule has 102 valence electrons. The van der Waals surface area contributed by atoms with Crippen LogP contribution in [0.3, 0.4) is 0 Å². The van der Waals surface area contributed by atoms with Crippen LogP contribution >= 0.6 is 15.9 Å². The normalized spacial score (nSPS) is 11.8. The monoisotopic (exact) mass is 336 g/mol. The smallest absolute Gasteiger partial charge is 0.241 e. The second-order valence-corrected chi connectivity index (χ2v) is 6.35. The molecule has 0 bridgehead atoms. The minimum Gasteiger partial charge on any atom is -0.383 e. The summed E-state index contributed by atoms with van der Waals surface area (Å²) in [6.07, 6.45) is 0. The quantitative estimate of drug-likeness (QED) is 0.763. The largest absolute Gasteiger partial charge is 0.383 e. The van der Waals surface area contributed by atoms with Crippen molar-refractivity contribution < 1.29 is 13.2 Å². The molecule has 0 fully saturated rings. The molecule has 0 aliphatic heterocycles. The van der Waals surface area contributed by atoms with Crippen molar-refractivity contribution in [2.45, 2.75) is 18.4 Å². The van der Waals surface area contributed by atoms with E-state index >= 15 is 0 Å². The van der Waals surface area contributed by atoms with Gasteiger partial charge in [0.2, 0.25) is 10.0 Å². The SMILES string of the molecule is COCCNS(=O)(=O)c1cc(CN)cc(C)c1Br. The lowest BCUT2D eigenvalue weighted by atomic mass is 10.1. The van der Waals surface area contributed by atoms with Crippen molar-refractivity contribution in [2.24, 2.45) is 5.73 Å². The predicted octanol–water partition coefficient (Wildman–Crippen LogP) is 1.14. The van der Waals surface area contributed by atoms with Crippen molar-refractivity contribution in [1.82, 2.24) is 4.72 Å². The third-order valence-electron chi connectivity index (χ3n) is 2.40. The summed E-state index contributed by atoms with van der Waals surface area (Å²) in [5.41, 5.74) is 7.17. The number of nitrogens with one attached hydrogen (secondary N) is 1. The summed E-state index contributed by atoms with van der Waals surface area (Å²) in [7, 11) is -2.03. The van der Waals surface area contributed by atoms with Gasteiger partial charge in [0.1, 0.15) is 0 Å². The lowest BCUT2D eigenvalue weighted by Gasteiger charge is -2.11. The number of hydrogen-bond acceptors (Lipinski definition) is 4. The molecule has 0 saturated carbocycles. The van der Waals surface area contributed by atoms with Crippen molar-refractivity contribution in [2.75, 3.05) is 20.3 Å². The summed E-state index contributed by atoms with van der Waals surface area (Å²) in [6, 6.07) is 3.43. The highest BCUT2D eigenvalue weighted by Crippen LogP contribution is 2.27. The van der Waals surface area contributed by atoms with Gasteiger partial charge in [0.15, 0.2) is 0 Å². The minimum absolute atomic E-state index is 0.207. The minimum atomic E-state index is -3.55. The van der Waals surface area contributed by atoms with Gasteiger partial charge >= 0.3 is 0 Å². The van der Waals surface area contributed by atoms with Gasteiger partial charge in [-0.05, 0) is 40.0 Å². The fourth-order valence-electron chi connectivity index (χ4n) is 1.48. The molecule has 1 aromatic carbocycles. The van der Waals surface area contributed by atoms with E-state index in [1.807, 2.05) is 13.0 Å². The van der Waals surface area contributed by atoms with Gasteiger partial charge in [-0.25, -0.2) is 13.1 Å².